The first kappa shape index (κ1) is 15.9. The molecule has 2 amide bonds. The van der Waals surface area contributed by atoms with E-state index in [0.29, 0.717) is 5.92 Å². The van der Waals surface area contributed by atoms with Crippen LogP contribution in [0.2, 0.25) is 0 Å². The normalized spacial score (nSPS) is 18.3. The van der Waals surface area contributed by atoms with Crippen LogP contribution in [0.1, 0.15) is 30.7 Å². The minimum atomic E-state index is 0.00728. The molecule has 2 heterocycles. The van der Waals surface area contributed by atoms with Gasteiger partial charge in [-0.3, -0.25) is 5.32 Å². The Balaban J connectivity index is 1.68. The summed E-state index contributed by atoms with van der Waals surface area (Å²) in [6.45, 7) is 1.59. The molecule has 0 aliphatic carbocycles. The predicted molar refractivity (Wildman–Crippen MR) is 94.5 cm³/mol. The van der Waals surface area contributed by atoms with Crippen molar-refractivity contribution in [2.45, 2.75) is 25.2 Å². The largest absolute Gasteiger partial charge is 0.497 e. The van der Waals surface area contributed by atoms with Crippen LogP contribution in [0.15, 0.2) is 41.8 Å². The zero-order valence-corrected chi connectivity index (χ0v) is 14.1. The van der Waals surface area contributed by atoms with E-state index in [1.165, 1.54) is 5.56 Å². The number of methoxy groups -OCH3 is 1. The predicted octanol–water partition coefficient (Wildman–Crippen LogP) is 4.56. The SMILES string of the molecule is COc1ccc([C@@H]2CCCCN(C(=O)Nc3cccs3)C2)cc1. The van der Waals surface area contributed by atoms with Crippen molar-refractivity contribution in [3.8, 4) is 5.75 Å². The summed E-state index contributed by atoms with van der Waals surface area (Å²) >= 11 is 1.55. The highest BCUT2D eigenvalue weighted by molar-refractivity contribution is 7.14. The minimum Gasteiger partial charge on any atom is -0.497 e. The molecule has 1 N–H and O–H groups in total. The van der Waals surface area contributed by atoms with Crippen LogP contribution in [0.5, 0.6) is 5.75 Å². The highest BCUT2D eigenvalue weighted by atomic mass is 32.1. The van der Waals surface area contributed by atoms with E-state index in [1.54, 1.807) is 18.4 Å². The molecule has 1 aliphatic heterocycles. The van der Waals surface area contributed by atoms with E-state index in [-0.39, 0.29) is 6.03 Å². The first-order valence-electron chi connectivity index (χ1n) is 7.99. The number of hydrogen-bond acceptors (Lipinski definition) is 3. The van der Waals surface area contributed by atoms with E-state index in [4.69, 9.17) is 4.74 Å². The number of anilines is 1. The Morgan fingerprint density at radius 3 is 2.78 bits per heavy atom. The summed E-state index contributed by atoms with van der Waals surface area (Å²) in [6, 6.07) is 12.1. The number of benzene rings is 1. The average Bonchev–Trinajstić information content (AvgIpc) is 2.96. The molecule has 2 aromatic rings. The Morgan fingerprint density at radius 1 is 1.26 bits per heavy atom. The van der Waals surface area contributed by atoms with Crippen LogP contribution in [0.4, 0.5) is 9.80 Å². The zero-order valence-electron chi connectivity index (χ0n) is 13.3. The standard InChI is InChI=1S/C18H22N2O2S/c1-22-16-9-7-14(8-10-16)15-5-2-3-11-20(13-15)18(21)19-17-6-4-12-23-17/h4,6-10,12,15H,2-3,5,11,13H2,1H3,(H,19,21)/t15-/m1/s1. The van der Waals surface area contributed by atoms with Crippen LogP contribution in [0, 0.1) is 0 Å². The summed E-state index contributed by atoms with van der Waals surface area (Å²) in [6.07, 6.45) is 3.33. The Bertz CT molecular complexity index is 625. The first-order valence-corrected chi connectivity index (χ1v) is 8.87. The monoisotopic (exact) mass is 330 g/mol. The molecular weight excluding hydrogens is 308 g/mol. The topological polar surface area (TPSA) is 41.6 Å². The maximum absolute atomic E-state index is 12.5. The van der Waals surface area contributed by atoms with Crippen molar-refractivity contribution < 1.29 is 9.53 Å². The van der Waals surface area contributed by atoms with Gasteiger partial charge in [0, 0.05) is 19.0 Å². The van der Waals surface area contributed by atoms with Gasteiger partial charge in [-0.1, -0.05) is 18.6 Å². The van der Waals surface area contributed by atoms with Crippen LogP contribution >= 0.6 is 11.3 Å². The number of thiophene rings is 1. The molecule has 122 valence electrons. The van der Waals surface area contributed by atoms with E-state index >= 15 is 0 Å². The molecule has 1 aromatic carbocycles. The smallest absolute Gasteiger partial charge is 0.322 e. The number of carbonyl (C=O) groups excluding carboxylic acids is 1. The lowest BCUT2D eigenvalue weighted by molar-refractivity contribution is 0.211. The van der Waals surface area contributed by atoms with Gasteiger partial charge >= 0.3 is 6.03 Å². The maximum Gasteiger partial charge on any atom is 0.322 e. The van der Waals surface area contributed by atoms with E-state index in [0.717, 1.165) is 43.1 Å². The molecule has 4 nitrogen and oxygen atoms in total. The lowest BCUT2D eigenvalue weighted by Gasteiger charge is -2.25. The van der Waals surface area contributed by atoms with Crippen molar-refractivity contribution in [2.75, 3.05) is 25.5 Å². The second-order valence-electron chi connectivity index (χ2n) is 5.82. The van der Waals surface area contributed by atoms with E-state index in [2.05, 4.69) is 17.4 Å². The van der Waals surface area contributed by atoms with E-state index in [1.807, 2.05) is 34.5 Å². The molecule has 1 atom stereocenters. The Hall–Kier alpha value is -2.01. The Morgan fingerprint density at radius 2 is 2.09 bits per heavy atom. The number of rotatable bonds is 3. The Kier molecular flexibility index (Phi) is 5.18. The van der Waals surface area contributed by atoms with Crippen molar-refractivity contribution in [3.05, 3.63) is 47.3 Å². The number of amides is 2. The lowest BCUT2D eigenvalue weighted by Crippen LogP contribution is -2.37. The number of ether oxygens (including phenoxy) is 1. The molecule has 5 heteroatoms. The van der Waals surface area contributed by atoms with Gasteiger partial charge in [0.15, 0.2) is 0 Å². The highest BCUT2D eigenvalue weighted by Crippen LogP contribution is 2.28. The van der Waals surface area contributed by atoms with Crippen molar-refractivity contribution >= 4 is 22.4 Å². The maximum atomic E-state index is 12.5. The first-order chi connectivity index (χ1) is 11.3. The van der Waals surface area contributed by atoms with Gasteiger partial charge in [0.05, 0.1) is 12.1 Å². The molecule has 1 saturated heterocycles. The molecule has 3 rings (SSSR count). The van der Waals surface area contributed by atoms with Crippen LogP contribution in [0.3, 0.4) is 0 Å². The van der Waals surface area contributed by atoms with Crippen LogP contribution in [-0.2, 0) is 0 Å². The number of nitrogens with zero attached hydrogens (tertiary/aromatic N) is 1. The van der Waals surface area contributed by atoms with Crippen molar-refractivity contribution in [3.63, 3.8) is 0 Å². The molecular formula is C18H22N2O2S. The average molecular weight is 330 g/mol. The third-order valence-corrected chi connectivity index (χ3v) is 5.08. The van der Waals surface area contributed by atoms with Gasteiger partial charge in [0.1, 0.15) is 5.75 Å². The van der Waals surface area contributed by atoms with Crippen LogP contribution in [0.25, 0.3) is 0 Å². The van der Waals surface area contributed by atoms with Gasteiger partial charge in [0.25, 0.3) is 0 Å². The molecule has 0 bridgehead atoms. The summed E-state index contributed by atoms with van der Waals surface area (Å²) in [5, 5.41) is 5.87. The summed E-state index contributed by atoms with van der Waals surface area (Å²) < 4.78 is 5.23. The second-order valence-corrected chi connectivity index (χ2v) is 6.77. The third-order valence-electron chi connectivity index (χ3n) is 4.30. The summed E-state index contributed by atoms with van der Waals surface area (Å²) in [5.74, 6) is 1.26. The molecule has 1 aromatic heterocycles. The molecule has 1 aliphatic rings. The minimum absolute atomic E-state index is 0.00728. The number of hydrogen-bond donors (Lipinski definition) is 1. The fraction of sp³-hybridized carbons (Fsp3) is 0.389. The number of nitrogens with one attached hydrogen (secondary N) is 1. The molecule has 0 unspecified atom stereocenters. The molecule has 23 heavy (non-hydrogen) atoms. The molecule has 0 spiro atoms. The second kappa shape index (κ2) is 7.51. The van der Waals surface area contributed by atoms with Crippen LogP contribution in [-0.4, -0.2) is 31.1 Å². The highest BCUT2D eigenvalue weighted by Gasteiger charge is 2.23. The third kappa shape index (κ3) is 4.05. The van der Waals surface area contributed by atoms with Gasteiger partial charge in [0.2, 0.25) is 0 Å². The summed E-state index contributed by atoms with van der Waals surface area (Å²) in [4.78, 5) is 14.4. The van der Waals surface area contributed by atoms with Gasteiger partial charge in [-0.25, -0.2) is 4.79 Å². The van der Waals surface area contributed by atoms with Crippen molar-refractivity contribution in [1.29, 1.82) is 0 Å². The Labute approximate surface area is 141 Å². The molecule has 0 radical (unpaired) electrons. The van der Waals surface area contributed by atoms with Gasteiger partial charge in [-0.2, -0.15) is 0 Å². The fourth-order valence-electron chi connectivity index (χ4n) is 3.01. The zero-order chi connectivity index (χ0) is 16.1. The van der Waals surface area contributed by atoms with Crippen molar-refractivity contribution in [2.24, 2.45) is 0 Å². The van der Waals surface area contributed by atoms with Crippen LogP contribution < -0.4 is 10.1 Å². The fourth-order valence-corrected chi connectivity index (χ4v) is 3.62. The number of likely N-dealkylation sites (tertiary alicyclic amines) is 1. The molecule has 0 saturated carbocycles. The van der Waals surface area contributed by atoms with Gasteiger partial charge < -0.3 is 9.64 Å². The molecule has 1 fully saturated rings. The number of urea groups is 1. The van der Waals surface area contributed by atoms with Gasteiger partial charge in [-0.05, 0) is 48.1 Å². The lowest BCUT2D eigenvalue weighted by atomic mass is 9.94. The number of carbonyl (C=O) groups is 1. The van der Waals surface area contributed by atoms with E-state index < -0.39 is 0 Å². The van der Waals surface area contributed by atoms with Crippen molar-refractivity contribution in [1.82, 2.24) is 4.90 Å². The summed E-state index contributed by atoms with van der Waals surface area (Å²) in [5.41, 5.74) is 1.28. The van der Waals surface area contributed by atoms with Gasteiger partial charge in [-0.15, -0.1) is 11.3 Å². The summed E-state index contributed by atoms with van der Waals surface area (Å²) in [7, 11) is 1.68. The van der Waals surface area contributed by atoms with E-state index in [9.17, 15) is 4.79 Å². The quantitative estimate of drug-likeness (QED) is 0.896.